The minimum Gasteiger partial charge on any atom is -0.465 e. The third-order valence-corrected chi connectivity index (χ3v) is 3.94. The summed E-state index contributed by atoms with van der Waals surface area (Å²) in [5.41, 5.74) is 0.519. The van der Waals surface area contributed by atoms with Gasteiger partial charge in [-0.1, -0.05) is 11.8 Å². The van der Waals surface area contributed by atoms with Crippen molar-refractivity contribution in [3.8, 4) is 0 Å². The molecule has 1 atom stereocenters. The van der Waals surface area contributed by atoms with Crippen LogP contribution in [0.25, 0.3) is 0 Å². The molecule has 1 aromatic heterocycles. The van der Waals surface area contributed by atoms with Crippen LogP contribution in [0.4, 0.5) is 0 Å². The largest absolute Gasteiger partial charge is 0.465 e. The molecule has 0 saturated carbocycles. The van der Waals surface area contributed by atoms with Gasteiger partial charge in [0, 0.05) is 12.7 Å². The Morgan fingerprint density at radius 1 is 1.53 bits per heavy atom. The van der Waals surface area contributed by atoms with Crippen molar-refractivity contribution in [3.63, 3.8) is 0 Å². The zero-order valence-corrected chi connectivity index (χ0v) is 12.0. The summed E-state index contributed by atoms with van der Waals surface area (Å²) in [4.78, 5) is 23.6. The maximum absolute atomic E-state index is 11.9. The van der Waals surface area contributed by atoms with Crippen LogP contribution in [-0.4, -0.2) is 34.5 Å². The molecule has 0 fully saturated rings. The van der Waals surface area contributed by atoms with Crippen molar-refractivity contribution in [1.82, 2.24) is 4.57 Å². The summed E-state index contributed by atoms with van der Waals surface area (Å²) in [5, 5.41) is 0.505. The van der Waals surface area contributed by atoms with Crippen LogP contribution >= 0.6 is 11.8 Å². The van der Waals surface area contributed by atoms with Gasteiger partial charge in [-0.15, -0.1) is 0 Å². The number of nitrogens with zero attached hydrogens (tertiary/aromatic N) is 1. The second-order valence-corrected chi connectivity index (χ2v) is 5.69. The molecule has 0 aliphatic carbocycles. The molecule has 104 valence electrons. The molecule has 1 aromatic rings. The fraction of sp³-hybridized carbons (Fsp3) is 0.538. The fourth-order valence-corrected chi connectivity index (χ4v) is 3.09. The lowest BCUT2D eigenvalue weighted by molar-refractivity contribution is -0.142. The maximum atomic E-state index is 11.9. The van der Waals surface area contributed by atoms with Crippen molar-refractivity contribution >= 4 is 23.7 Å². The highest BCUT2D eigenvalue weighted by Crippen LogP contribution is 2.36. The lowest BCUT2D eigenvalue weighted by Crippen LogP contribution is -2.20. The van der Waals surface area contributed by atoms with Crippen LogP contribution < -0.4 is 0 Å². The number of esters is 2. The third-order valence-electron chi connectivity index (χ3n) is 2.64. The number of carbonyl (C=O) groups excluding carboxylic acids is 2. The van der Waals surface area contributed by atoms with E-state index in [2.05, 4.69) is 0 Å². The van der Waals surface area contributed by atoms with Crippen molar-refractivity contribution in [3.05, 3.63) is 17.8 Å². The first-order chi connectivity index (χ1) is 9.02. The van der Waals surface area contributed by atoms with Crippen LogP contribution in [0.5, 0.6) is 0 Å². The van der Waals surface area contributed by atoms with Gasteiger partial charge in [0.2, 0.25) is 0 Å². The highest BCUT2D eigenvalue weighted by Gasteiger charge is 2.33. The lowest BCUT2D eigenvalue weighted by Gasteiger charge is -2.08. The molecule has 0 saturated heterocycles. The number of rotatable bonds is 4. The summed E-state index contributed by atoms with van der Waals surface area (Å²) in [6.07, 6.45) is 1.65. The van der Waals surface area contributed by atoms with Crippen molar-refractivity contribution in [1.29, 1.82) is 0 Å². The van der Waals surface area contributed by atoms with E-state index in [1.807, 2.05) is 18.4 Å². The van der Waals surface area contributed by atoms with Crippen LogP contribution in [0.3, 0.4) is 0 Å². The minimum absolute atomic E-state index is 0.157. The molecule has 6 heteroatoms. The van der Waals surface area contributed by atoms with Crippen LogP contribution in [-0.2, 0) is 20.8 Å². The summed E-state index contributed by atoms with van der Waals surface area (Å²) in [7, 11) is 0. The Morgan fingerprint density at radius 3 is 2.89 bits per heavy atom. The predicted molar refractivity (Wildman–Crippen MR) is 71.3 cm³/mol. The first-order valence-electron chi connectivity index (χ1n) is 6.26. The fourth-order valence-electron chi connectivity index (χ4n) is 1.87. The van der Waals surface area contributed by atoms with E-state index in [9.17, 15) is 9.59 Å². The second kappa shape index (κ2) is 5.69. The zero-order valence-electron chi connectivity index (χ0n) is 11.2. The summed E-state index contributed by atoms with van der Waals surface area (Å²) in [6.45, 7) is 6.30. The standard InChI is InChI=1S/C13H17NO4S/c1-4-17-13(16)10-7-14-6-5-9(11(14)19-10)12(15)18-8(2)3/h5-6,8,10H,4,7H2,1-3H3. The molecule has 2 heterocycles. The molecule has 0 spiro atoms. The number of carbonyl (C=O) groups is 2. The highest BCUT2D eigenvalue weighted by molar-refractivity contribution is 8.00. The maximum Gasteiger partial charge on any atom is 0.341 e. The Balaban J connectivity index is 2.10. The lowest BCUT2D eigenvalue weighted by atomic mass is 10.3. The number of thioether (sulfide) groups is 1. The van der Waals surface area contributed by atoms with Gasteiger partial charge >= 0.3 is 11.9 Å². The van der Waals surface area contributed by atoms with Gasteiger partial charge in [-0.05, 0) is 26.8 Å². The van der Waals surface area contributed by atoms with E-state index in [0.29, 0.717) is 18.7 Å². The summed E-state index contributed by atoms with van der Waals surface area (Å²) >= 11 is 1.36. The van der Waals surface area contributed by atoms with Gasteiger partial charge in [-0.25, -0.2) is 4.79 Å². The van der Waals surface area contributed by atoms with Crippen LogP contribution in [0.2, 0.25) is 0 Å². The number of aromatic nitrogens is 1. The number of fused-ring (bicyclic) bond motifs is 1. The second-order valence-electron chi connectivity index (χ2n) is 4.50. The Morgan fingerprint density at radius 2 is 2.26 bits per heavy atom. The van der Waals surface area contributed by atoms with E-state index < -0.39 is 0 Å². The molecule has 5 nitrogen and oxygen atoms in total. The SMILES string of the molecule is CCOC(=O)C1Cn2ccc(C(=O)OC(C)C)c2S1. The average Bonchev–Trinajstić information content (AvgIpc) is 2.86. The molecule has 0 amide bonds. The molecule has 0 radical (unpaired) electrons. The van der Waals surface area contributed by atoms with Gasteiger partial charge in [0.25, 0.3) is 0 Å². The molecule has 1 aliphatic heterocycles. The molecule has 0 N–H and O–H groups in total. The van der Waals surface area contributed by atoms with Crippen molar-refractivity contribution < 1.29 is 19.1 Å². The Labute approximate surface area is 116 Å². The Kier molecular flexibility index (Phi) is 4.19. The minimum atomic E-state index is -0.347. The van der Waals surface area contributed by atoms with E-state index in [1.54, 1.807) is 19.2 Å². The summed E-state index contributed by atoms with van der Waals surface area (Å²) in [6, 6.07) is 1.73. The average molecular weight is 283 g/mol. The molecule has 0 aromatic carbocycles. The molecule has 2 rings (SSSR count). The van der Waals surface area contributed by atoms with E-state index in [0.717, 1.165) is 5.03 Å². The molecular formula is C13H17NO4S. The summed E-state index contributed by atoms with van der Waals surface area (Å²) in [5.74, 6) is -0.583. The van der Waals surface area contributed by atoms with Gasteiger partial charge in [-0.2, -0.15) is 0 Å². The van der Waals surface area contributed by atoms with Crippen LogP contribution in [0.1, 0.15) is 31.1 Å². The Bertz CT molecular complexity index is 495. The van der Waals surface area contributed by atoms with Crippen LogP contribution in [0.15, 0.2) is 17.3 Å². The number of hydrogen-bond acceptors (Lipinski definition) is 5. The van der Waals surface area contributed by atoms with Gasteiger partial charge < -0.3 is 14.0 Å². The van der Waals surface area contributed by atoms with E-state index in [1.165, 1.54) is 11.8 Å². The van der Waals surface area contributed by atoms with Crippen LogP contribution in [0, 0.1) is 0 Å². The quantitative estimate of drug-likeness (QED) is 0.792. The predicted octanol–water partition coefficient (Wildman–Crippen LogP) is 2.09. The first kappa shape index (κ1) is 14.0. The van der Waals surface area contributed by atoms with Crippen molar-refractivity contribution in [2.45, 2.75) is 43.7 Å². The number of ether oxygens (including phenoxy) is 2. The molecule has 1 unspecified atom stereocenters. The molecule has 0 bridgehead atoms. The Hall–Kier alpha value is -1.43. The van der Waals surface area contributed by atoms with Crippen molar-refractivity contribution in [2.24, 2.45) is 0 Å². The monoisotopic (exact) mass is 283 g/mol. The third kappa shape index (κ3) is 2.94. The van der Waals surface area contributed by atoms with Gasteiger partial charge in [0.1, 0.15) is 5.25 Å². The molecular weight excluding hydrogens is 266 g/mol. The normalized spacial score (nSPS) is 17.4. The van der Waals surface area contributed by atoms with Gasteiger partial charge in [-0.3, -0.25) is 4.79 Å². The topological polar surface area (TPSA) is 57.5 Å². The summed E-state index contributed by atoms with van der Waals surface area (Å²) < 4.78 is 12.1. The van der Waals surface area contributed by atoms with Gasteiger partial charge in [0.15, 0.2) is 0 Å². The highest BCUT2D eigenvalue weighted by atomic mass is 32.2. The molecule has 1 aliphatic rings. The number of hydrogen-bond donors (Lipinski definition) is 0. The smallest absolute Gasteiger partial charge is 0.341 e. The van der Waals surface area contributed by atoms with E-state index >= 15 is 0 Å². The van der Waals surface area contributed by atoms with Gasteiger partial charge in [0.05, 0.1) is 23.3 Å². The first-order valence-corrected chi connectivity index (χ1v) is 7.14. The van der Waals surface area contributed by atoms with E-state index in [-0.39, 0.29) is 23.3 Å². The molecule has 19 heavy (non-hydrogen) atoms. The van der Waals surface area contributed by atoms with Crippen molar-refractivity contribution in [2.75, 3.05) is 6.61 Å². The zero-order chi connectivity index (χ0) is 14.0. The van der Waals surface area contributed by atoms with E-state index in [4.69, 9.17) is 9.47 Å².